The summed E-state index contributed by atoms with van der Waals surface area (Å²) in [5.74, 6) is 0.231. The predicted molar refractivity (Wildman–Crippen MR) is 43.2 cm³/mol. The molecule has 1 rings (SSSR count). The molecule has 0 radical (unpaired) electrons. The number of hydrogen-bond donors (Lipinski definition) is 0. The van der Waals surface area contributed by atoms with Gasteiger partial charge in [-0.25, -0.2) is 0 Å². The van der Waals surface area contributed by atoms with Crippen molar-refractivity contribution in [3.05, 3.63) is 11.8 Å². The quantitative estimate of drug-likeness (QED) is 0.608. The van der Waals surface area contributed by atoms with Gasteiger partial charge in [0.1, 0.15) is 6.10 Å². The Labute approximate surface area is 67.2 Å². The fourth-order valence-corrected chi connectivity index (χ4v) is 1.17. The maximum atomic E-state index is 11.1. The molecule has 0 bridgehead atoms. The first-order chi connectivity index (χ1) is 5.24. The molecule has 2 nitrogen and oxygen atoms in total. The normalized spacial score (nSPS) is 24.4. The van der Waals surface area contributed by atoms with Crippen LogP contribution < -0.4 is 0 Å². The smallest absolute Gasteiger partial charge is 0.165 e. The van der Waals surface area contributed by atoms with E-state index in [1.54, 1.807) is 13.2 Å². The van der Waals surface area contributed by atoms with E-state index in [0.29, 0.717) is 6.42 Å². The van der Waals surface area contributed by atoms with Crippen LogP contribution in [0.15, 0.2) is 11.8 Å². The van der Waals surface area contributed by atoms with E-state index >= 15 is 0 Å². The Kier molecular flexibility index (Phi) is 2.69. The number of allylic oxidation sites excluding steroid dienone is 1. The predicted octanol–water partition coefficient (Wildman–Crippen LogP) is 2.05. The van der Waals surface area contributed by atoms with Crippen molar-refractivity contribution in [1.82, 2.24) is 0 Å². The first-order valence-corrected chi connectivity index (χ1v) is 4.09. The zero-order valence-corrected chi connectivity index (χ0v) is 7.09. The summed E-state index contributed by atoms with van der Waals surface area (Å²) in [6, 6.07) is 0. The van der Waals surface area contributed by atoms with Crippen LogP contribution in [0.2, 0.25) is 0 Å². The molecule has 0 aliphatic carbocycles. The first-order valence-electron chi connectivity index (χ1n) is 4.09. The minimum absolute atomic E-state index is 0.135. The van der Waals surface area contributed by atoms with Crippen LogP contribution in [0.1, 0.15) is 33.1 Å². The fraction of sp³-hybridized carbons (Fsp3) is 0.667. The highest BCUT2D eigenvalue weighted by molar-refractivity contribution is 5.95. The van der Waals surface area contributed by atoms with Crippen LogP contribution in [0.4, 0.5) is 0 Å². The summed E-state index contributed by atoms with van der Waals surface area (Å²) in [4.78, 5) is 11.1. The van der Waals surface area contributed by atoms with E-state index < -0.39 is 0 Å². The summed E-state index contributed by atoms with van der Waals surface area (Å²) in [6.45, 7) is 3.89. The second-order valence-corrected chi connectivity index (χ2v) is 2.97. The van der Waals surface area contributed by atoms with Crippen LogP contribution in [0.25, 0.3) is 0 Å². The van der Waals surface area contributed by atoms with Crippen molar-refractivity contribution in [2.24, 2.45) is 0 Å². The van der Waals surface area contributed by atoms with Crippen LogP contribution in [-0.2, 0) is 9.53 Å². The molecular formula is C9H14O2. The highest BCUT2D eigenvalue weighted by Crippen LogP contribution is 2.16. The van der Waals surface area contributed by atoms with Gasteiger partial charge in [-0.05, 0) is 13.3 Å². The molecular weight excluding hydrogens is 140 g/mol. The van der Waals surface area contributed by atoms with Gasteiger partial charge in [0.05, 0.1) is 6.26 Å². The lowest BCUT2D eigenvalue weighted by Gasteiger charge is -2.19. The van der Waals surface area contributed by atoms with E-state index in [1.807, 2.05) is 0 Å². The zero-order chi connectivity index (χ0) is 8.27. The molecule has 1 aliphatic rings. The molecule has 0 aromatic heterocycles. The Morgan fingerprint density at radius 1 is 1.73 bits per heavy atom. The lowest BCUT2D eigenvalue weighted by atomic mass is 10.0. The number of hydrogen-bond acceptors (Lipinski definition) is 2. The standard InChI is InChI=1S/C9H14O2/c1-3-4-8-5-9(10)7(2)6-11-8/h6,8H,3-5H2,1-2H3/t8-/m0/s1. The molecule has 1 atom stereocenters. The van der Waals surface area contributed by atoms with Gasteiger partial charge in [0, 0.05) is 12.0 Å². The van der Waals surface area contributed by atoms with Crippen molar-refractivity contribution < 1.29 is 9.53 Å². The monoisotopic (exact) mass is 154 g/mol. The van der Waals surface area contributed by atoms with Gasteiger partial charge in [0.25, 0.3) is 0 Å². The third-order valence-corrected chi connectivity index (χ3v) is 1.90. The van der Waals surface area contributed by atoms with Gasteiger partial charge in [0.2, 0.25) is 0 Å². The van der Waals surface area contributed by atoms with E-state index in [1.165, 1.54) is 0 Å². The van der Waals surface area contributed by atoms with E-state index in [2.05, 4.69) is 6.92 Å². The third-order valence-electron chi connectivity index (χ3n) is 1.90. The van der Waals surface area contributed by atoms with Crippen molar-refractivity contribution >= 4 is 5.78 Å². The molecule has 11 heavy (non-hydrogen) atoms. The summed E-state index contributed by atoms with van der Waals surface area (Å²) in [6.07, 6.45) is 4.35. The number of Topliss-reactive ketones (excluding diaryl/α,β-unsaturated/α-hetero) is 1. The van der Waals surface area contributed by atoms with E-state index in [-0.39, 0.29) is 11.9 Å². The minimum Gasteiger partial charge on any atom is -0.497 e. The average molecular weight is 154 g/mol. The topological polar surface area (TPSA) is 26.3 Å². The average Bonchev–Trinajstić information content (AvgIpc) is 1.98. The zero-order valence-electron chi connectivity index (χ0n) is 7.09. The Morgan fingerprint density at radius 3 is 3.00 bits per heavy atom. The molecule has 0 fully saturated rings. The largest absolute Gasteiger partial charge is 0.497 e. The number of rotatable bonds is 2. The van der Waals surface area contributed by atoms with Gasteiger partial charge >= 0.3 is 0 Å². The molecule has 0 saturated carbocycles. The Balaban J connectivity index is 2.48. The molecule has 62 valence electrons. The van der Waals surface area contributed by atoms with Gasteiger partial charge < -0.3 is 4.74 Å². The number of carbonyl (C=O) groups excluding carboxylic acids is 1. The van der Waals surface area contributed by atoms with Crippen molar-refractivity contribution in [2.75, 3.05) is 0 Å². The molecule has 0 aromatic rings. The van der Waals surface area contributed by atoms with Gasteiger partial charge in [-0.3, -0.25) is 4.79 Å². The van der Waals surface area contributed by atoms with Crippen LogP contribution in [-0.4, -0.2) is 11.9 Å². The maximum Gasteiger partial charge on any atom is 0.165 e. The Bertz CT molecular complexity index is 182. The first kappa shape index (κ1) is 8.31. The highest BCUT2D eigenvalue weighted by Gasteiger charge is 2.19. The van der Waals surface area contributed by atoms with Crippen LogP contribution in [0, 0.1) is 0 Å². The fourth-order valence-electron chi connectivity index (χ4n) is 1.17. The van der Waals surface area contributed by atoms with E-state index in [0.717, 1.165) is 18.4 Å². The SMILES string of the molecule is CCC[C@H]1CC(=O)C(C)=CO1. The number of carbonyl (C=O) groups is 1. The number of ketones is 1. The van der Waals surface area contributed by atoms with Crippen molar-refractivity contribution in [2.45, 2.75) is 39.2 Å². The Morgan fingerprint density at radius 2 is 2.45 bits per heavy atom. The summed E-state index contributed by atoms with van der Waals surface area (Å²) >= 11 is 0. The maximum absolute atomic E-state index is 11.1. The summed E-state index contributed by atoms with van der Waals surface area (Å²) in [5.41, 5.74) is 0.748. The molecule has 0 saturated heterocycles. The molecule has 0 N–H and O–H groups in total. The second-order valence-electron chi connectivity index (χ2n) is 2.97. The summed E-state index contributed by atoms with van der Waals surface area (Å²) in [5, 5.41) is 0. The highest BCUT2D eigenvalue weighted by atomic mass is 16.5. The lowest BCUT2D eigenvalue weighted by Crippen LogP contribution is -2.20. The molecule has 1 aliphatic heterocycles. The molecule has 1 heterocycles. The number of ether oxygens (including phenoxy) is 1. The van der Waals surface area contributed by atoms with Crippen LogP contribution in [0.3, 0.4) is 0 Å². The molecule has 0 amide bonds. The van der Waals surface area contributed by atoms with E-state index in [9.17, 15) is 4.79 Å². The van der Waals surface area contributed by atoms with Crippen LogP contribution in [0.5, 0.6) is 0 Å². The lowest BCUT2D eigenvalue weighted by molar-refractivity contribution is -0.119. The molecule has 0 aromatic carbocycles. The van der Waals surface area contributed by atoms with Crippen LogP contribution >= 0.6 is 0 Å². The Hall–Kier alpha value is -0.790. The molecule has 0 unspecified atom stereocenters. The van der Waals surface area contributed by atoms with Gasteiger partial charge in [-0.2, -0.15) is 0 Å². The third kappa shape index (κ3) is 2.07. The van der Waals surface area contributed by atoms with Crippen molar-refractivity contribution in [3.8, 4) is 0 Å². The second kappa shape index (κ2) is 3.56. The van der Waals surface area contributed by atoms with E-state index in [4.69, 9.17) is 4.74 Å². The van der Waals surface area contributed by atoms with Crippen molar-refractivity contribution in [3.63, 3.8) is 0 Å². The van der Waals surface area contributed by atoms with Crippen molar-refractivity contribution in [1.29, 1.82) is 0 Å². The van der Waals surface area contributed by atoms with Gasteiger partial charge in [0.15, 0.2) is 5.78 Å². The molecule has 0 spiro atoms. The molecule has 2 heteroatoms. The summed E-state index contributed by atoms with van der Waals surface area (Å²) < 4.78 is 5.32. The summed E-state index contributed by atoms with van der Waals surface area (Å²) in [7, 11) is 0. The minimum atomic E-state index is 0.135. The van der Waals surface area contributed by atoms with Gasteiger partial charge in [-0.15, -0.1) is 0 Å². The van der Waals surface area contributed by atoms with Gasteiger partial charge in [-0.1, -0.05) is 13.3 Å².